The number of nitrogens with zero attached hydrogens (tertiary/aromatic N) is 2. The first kappa shape index (κ1) is 15.4. The summed E-state index contributed by atoms with van der Waals surface area (Å²) in [5.41, 5.74) is 2.40. The van der Waals surface area contributed by atoms with E-state index in [4.69, 9.17) is 4.74 Å². The first-order valence-corrected chi connectivity index (χ1v) is 7.92. The van der Waals surface area contributed by atoms with Crippen molar-refractivity contribution in [1.82, 2.24) is 9.78 Å². The van der Waals surface area contributed by atoms with E-state index < -0.39 is 10.0 Å². The number of benzene rings is 1. The van der Waals surface area contributed by atoms with Gasteiger partial charge in [-0.2, -0.15) is 5.10 Å². The Labute approximate surface area is 124 Å². The third-order valence-electron chi connectivity index (χ3n) is 3.39. The Hall–Kier alpha value is -2.02. The molecule has 21 heavy (non-hydrogen) atoms. The van der Waals surface area contributed by atoms with Gasteiger partial charge in [0.05, 0.1) is 24.2 Å². The lowest BCUT2D eigenvalue weighted by Crippen LogP contribution is -2.15. The fraction of sp³-hybridized carbons (Fsp3) is 0.357. The van der Waals surface area contributed by atoms with Gasteiger partial charge in [0.15, 0.2) is 0 Å². The van der Waals surface area contributed by atoms with Crippen LogP contribution in [0.5, 0.6) is 5.75 Å². The Morgan fingerprint density at radius 3 is 2.38 bits per heavy atom. The van der Waals surface area contributed by atoms with E-state index in [1.165, 1.54) is 0 Å². The van der Waals surface area contributed by atoms with Crippen molar-refractivity contribution in [3.63, 3.8) is 0 Å². The summed E-state index contributed by atoms with van der Waals surface area (Å²) in [6, 6.07) is 5.18. The minimum Gasteiger partial charge on any atom is -0.497 e. The maximum atomic E-state index is 12.6. The van der Waals surface area contributed by atoms with Gasteiger partial charge in [-0.3, -0.25) is 9.40 Å². The number of nitrogens with one attached hydrogen (secondary N) is 1. The van der Waals surface area contributed by atoms with Crippen molar-refractivity contribution in [2.75, 3.05) is 11.8 Å². The summed E-state index contributed by atoms with van der Waals surface area (Å²) in [6.07, 6.45) is 0. The summed E-state index contributed by atoms with van der Waals surface area (Å²) < 4.78 is 34.4. The van der Waals surface area contributed by atoms with Crippen LogP contribution in [0, 0.1) is 20.8 Å². The van der Waals surface area contributed by atoms with E-state index in [9.17, 15) is 8.42 Å². The number of rotatable bonds is 4. The van der Waals surface area contributed by atoms with Gasteiger partial charge in [-0.25, -0.2) is 8.42 Å². The number of ether oxygens (including phenoxy) is 1. The standard InChI is InChI=1S/C14H19N3O3S/c1-9-8-12(20-5)6-7-13(9)16-21(18,19)14-10(2)15-17(4)11(14)3/h6-8,16H,1-5H3. The molecule has 6 nitrogen and oxygen atoms in total. The van der Waals surface area contributed by atoms with Gasteiger partial charge >= 0.3 is 0 Å². The maximum absolute atomic E-state index is 12.6. The smallest absolute Gasteiger partial charge is 0.265 e. The fourth-order valence-electron chi connectivity index (χ4n) is 2.22. The van der Waals surface area contributed by atoms with Gasteiger partial charge in [0.25, 0.3) is 10.0 Å². The molecule has 0 aliphatic heterocycles. The van der Waals surface area contributed by atoms with E-state index in [0.29, 0.717) is 22.8 Å². The van der Waals surface area contributed by atoms with Crippen LogP contribution in [0.15, 0.2) is 23.1 Å². The Morgan fingerprint density at radius 1 is 1.24 bits per heavy atom. The Morgan fingerprint density at radius 2 is 1.90 bits per heavy atom. The van der Waals surface area contributed by atoms with Crippen molar-refractivity contribution in [3.8, 4) is 5.75 Å². The van der Waals surface area contributed by atoms with Gasteiger partial charge in [0.2, 0.25) is 0 Å². The minimum absolute atomic E-state index is 0.222. The summed E-state index contributed by atoms with van der Waals surface area (Å²) in [6.45, 7) is 5.24. The van der Waals surface area contributed by atoms with E-state index >= 15 is 0 Å². The molecule has 1 heterocycles. The predicted octanol–water partition coefficient (Wildman–Crippen LogP) is 2.15. The SMILES string of the molecule is COc1ccc(NS(=O)(=O)c2c(C)nn(C)c2C)c(C)c1. The lowest BCUT2D eigenvalue weighted by molar-refractivity contribution is 0.414. The summed E-state index contributed by atoms with van der Waals surface area (Å²) in [5.74, 6) is 0.684. The van der Waals surface area contributed by atoms with Crippen LogP contribution in [0.1, 0.15) is 17.0 Å². The summed E-state index contributed by atoms with van der Waals surface area (Å²) in [7, 11) is -0.377. The second-order valence-corrected chi connectivity index (χ2v) is 6.53. The predicted molar refractivity (Wildman–Crippen MR) is 81.2 cm³/mol. The van der Waals surface area contributed by atoms with Gasteiger partial charge in [-0.05, 0) is 44.5 Å². The van der Waals surface area contributed by atoms with Gasteiger partial charge in [-0.1, -0.05) is 0 Å². The molecule has 7 heteroatoms. The van der Waals surface area contributed by atoms with Gasteiger partial charge in [0.1, 0.15) is 10.6 Å². The third kappa shape index (κ3) is 2.87. The number of methoxy groups -OCH3 is 1. The van der Waals surface area contributed by atoms with Crippen molar-refractivity contribution in [2.45, 2.75) is 25.7 Å². The molecule has 2 aromatic rings. The van der Waals surface area contributed by atoms with Crippen molar-refractivity contribution in [1.29, 1.82) is 0 Å². The highest BCUT2D eigenvalue weighted by atomic mass is 32.2. The minimum atomic E-state index is -3.67. The summed E-state index contributed by atoms with van der Waals surface area (Å²) in [4.78, 5) is 0.222. The average molecular weight is 309 g/mol. The molecule has 0 saturated carbocycles. The monoisotopic (exact) mass is 309 g/mol. The highest BCUT2D eigenvalue weighted by Crippen LogP contribution is 2.26. The molecular weight excluding hydrogens is 290 g/mol. The fourth-order valence-corrected chi connectivity index (χ4v) is 3.79. The summed E-state index contributed by atoms with van der Waals surface area (Å²) >= 11 is 0. The Kier molecular flexibility index (Phi) is 3.95. The number of hydrogen-bond donors (Lipinski definition) is 1. The molecule has 0 aliphatic carbocycles. The molecule has 0 aliphatic rings. The molecule has 0 spiro atoms. The summed E-state index contributed by atoms with van der Waals surface area (Å²) in [5, 5.41) is 4.15. The lowest BCUT2D eigenvalue weighted by Gasteiger charge is -2.12. The van der Waals surface area contributed by atoms with Crippen LogP contribution in [0.2, 0.25) is 0 Å². The van der Waals surface area contributed by atoms with Crippen LogP contribution >= 0.6 is 0 Å². The van der Waals surface area contributed by atoms with Crippen LogP contribution < -0.4 is 9.46 Å². The number of sulfonamides is 1. The normalized spacial score (nSPS) is 11.5. The zero-order valence-corrected chi connectivity index (χ0v) is 13.6. The molecule has 0 fully saturated rings. The van der Waals surface area contributed by atoms with Crippen molar-refractivity contribution >= 4 is 15.7 Å². The largest absolute Gasteiger partial charge is 0.497 e. The lowest BCUT2D eigenvalue weighted by atomic mass is 10.2. The van der Waals surface area contributed by atoms with Crippen LogP contribution in [-0.2, 0) is 17.1 Å². The van der Waals surface area contributed by atoms with Gasteiger partial charge < -0.3 is 4.74 Å². The average Bonchev–Trinajstić information content (AvgIpc) is 2.66. The molecule has 0 amide bonds. The first-order chi connectivity index (χ1) is 9.76. The van der Waals surface area contributed by atoms with Crippen molar-refractivity contribution < 1.29 is 13.2 Å². The molecule has 0 atom stereocenters. The van der Waals surface area contributed by atoms with Crippen LogP contribution in [0.4, 0.5) is 5.69 Å². The first-order valence-electron chi connectivity index (χ1n) is 6.44. The van der Waals surface area contributed by atoms with Crippen molar-refractivity contribution in [2.24, 2.45) is 7.05 Å². The van der Waals surface area contributed by atoms with Crippen LogP contribution in [0.25, 0.3) is 0 Å². The Balaban J connectivity index is 2.42. The number of aromatic nitrogens is 2. The molecule has 0 unspecified atom stereocenters. The zero-order valence-electron chi connectivity index (χ0n) is 12.8. The highest BCUT2D eigenvalue weighted by Gasteiger charge is 2.24. The second-order valence-electron chi connectivity index (χ2n) is 4.91. The molecule has 1 aromatic heterocycles. The number of hydrogen-bond acceptors (Lipinski definition) is 4. The molecule has 2 rings (SSSR count). The molecule has 0 radical (unpaired) electrons. The number of aryl methyl sites for hydroxylation is 3. The number of anilines is 1. The second kappa shape index (κ2) is 5.40. The Bertz CT molecular complexity index is 779. The van der Waals surface area contributed by atoms with Crippen LogP contribution in [-0.4, -0.2) is 25.3 Å². The molecule has 0 saturated heterocycles. The molecule has 1 N–H and O–H groups in total. The molecule has 114 valence electrons. The molecule has 0 bridgehead atoms. The van der Waals surface area contributed by atoms with Gasteiger partial charge in [0, 0.05) is 7.05 Å². The van der Waals surface area contributed by atoms with Crippen molar-refractivity contribution in [3.05, 3.63) is 35.2 Å². The van der Waals surface area contributed by atoms with E-state index in [1.54, 1.807) is 50.9 Å². The topological polar surface area (TPSA) is 73.2 Å². The third-order valence-corrected chi connectivity index (χ3v) is 5.01. The maximum Gasteiger partial charge on any atom is 0.265 e. The van der Waals surface area contributed by atoms with E-state index in [1.807, 2.05) is 6.92 Å². The molecular formula is C14H19N3O3S. The van der Waals surface area contributed by atoms with E-state index in [2.05, 4.69) is 9.82 Å². The van der Waals surface area contributed by atoms with Crippen LogP contribution in [0.3, 0.4) is 0 Å². The zero-order chi connectivity index (χ0) is 15.8. The van der Waals surface area contributed by atoms with E-state index in [0.717, 1.165) is 5.56 Å². The highest BCUT2D eigenvalue weighted by molar-refractivity contribution is 7.92. The van der Waals surface area contributed by atoms with Gasteiger partial charge in [-0.15, -0.1) is 0 Å². The molecule has 1 aromatic carbocycles. The quantitative estimate of drug-likeness (QED) is 0.939. The van der Waals surface area contributed by atoms with E-state index in [-0.39, 0.29) is 4.90 Å².